The third-order valence-corrected chi connectivity index (χ3v) is 2.61. The van der Waals surface area contributed by atoms with Crippen LogP contribution in [0, 0.1) is 18.6 Å². The van der Waals surface area contributed by atoms with Crippen molar-refractivity contribution in [3.05, 3.63) is 65.0 Å². The number of hydrogen-bond donors (Lipinski definition) is 1. The van der Waals surface area contributed by atoms with Crippen LogP contribution in [-0.4, -0.2) is 4.98 Å². The molecule has 0 radical (unpaired) electrons. The third kappa shape index (κ3) is 3.34. The van der Waals surface area contributed by atoms with Crippen molar-refractivity contribution in [1.82, 2.24) is 10.3 Å². The maximum absolute atomic E-state index is 13.0. The SMILES string of the molecule is Cc1ccc(CNCc2ccc(F)c(F)c2)cn1. The van der Waals surface area contributed by atoms with Crippen LogP contribution in [-0.2, 0) is 13.1 Å². The quantitative estimate of drug-likeness (QED) is 0.899. The molecule has 18 heavy (non-hydrogen) atoms. The van der Waals surface area contributed by atoms with Crippen molar-refractivity contribution in [2.45, 2.75) is 20.0 Å². The van der Waals surface area contributed by atoms with Crippen LogP contribution in [0.2, 0.25) is 0 Å². The molecule has 2 rings (SSSR count). The standard InChI is InChI=1S/C14H14F2N2/c1-10-2-3-12(9-18-10)8-17-7-11-4-5-13(15)14(16)6-11/h2-6,9,17H,7-8H2,1H3. The van der Waals surface area contributed by atoms with Crippen molar-refractivity contribution in [2.75, 3.05) is 0 Å². The lowest BCUT2D eigenvalue weighted by molar-refractivity contribution is 0.506. The van der Waals surface area contributed by atoms with Crippen molar-refractivity contribution >= 4 is 0 Å². The van der Waals surface area contributed by atoms with Gasteiger partial charge in [-0.1, -0.05) is 12.1 Å². The smallest absolute Gasteiger partial charge is 0.159 e. The van der Waals surface area contributed by atoms with Crippen molar-refractivity contribution in [3.8, 4) is 0 Å². The summed E-state index contributed by atoms with van der Waals surface area (Å²) in [7, 11) is 0. The van der Waals surface area contributed by atoms with Crippen LogP contribution in [0.1, 0.15) is 16.8 Å². The average Bonchev–Trinajstić information content (AvgIpc) is 2.36. The summed E-state index contributed by atoms with van der Waals surface area (Å²) in [6, 6.07) is 7.84. The van der Waals surface area contributed by atoms with Gasteiger partial charge in [0.2, 0.25) is 0 Å². The molecule has 1 aromatic carbocycles. The van der Waals surface area contributed by atoms with Gasteiger partial charge in [0.05, 0.1) is 0 Å². The Hall–Kier alpha value is -1.81. The minimum atomic E-state index is -0.818. The van der Waals surface area contributed by atoms with Crippen molar-refractivity contribution in [1.29, 1.82) is 0 Å². The second-order valence-electron chi connectivity index (χ2n) is 4.16. The highest BCUT2D eigenvalue weighted by Crippen LogP contribution is 2.08. The van der Waals surface area contributed by atoms with Crippen LogP contribution in [0.15, 0.2) is 36.5 Å². The molecule has 0 unspecified atom stereocenters. The summed E-state index contributed by atoms with van der Waals surface area (Å²) in [4.78, 5) is 4.18. The summed E-state index contributed by atoms with van der Waals surface area (Å²) in [6.07, 6.45) is 1.80. The number of rotatable bonds is 4. The van der Waals surface area contributed by atoms with Gasteiger partial charge >= 0.3 is 0 Å². The molecule has 0 saturated heterocycles. The van der Waals surface area contributed by atoms with E-state index >= 15 is 0 Å². The highest BCUT2D eigenvalue weighted by molar-refractivity contribution is 5.18. The maximum atomic E-state index is 13.0. The zero-order valence-corrected chi connectivity index (χ0v) is 10.1. The van der Waals surface area contributed by atoms with Crippen molar-refractivity contribution in [2.24, 2.45) is 0 Å². The van der Waals surface area contributed by atoms with Gasteiger partial charge in [-0.05, 0) is 36.2 Å². The highest BCUT2D eigenvalue weighted by atomic mass is 19.2. The molecule has 0 aliphatic heterocycles. The molecule has 94 valence electrons. The summed E-state index contributed by atoms with van der Waals surface area (Å²) in [5.74, 6) is -1.63. The van der Waals surface area contributed by atoms with E-state index in [9.17, 15) is 8.78 Å². The van der Waals surface area contributed by atoms with Gasteiger partial charge in [0, 0.05) is 25.0 Å². The van der Waals surface area contributed by atoms with Crippen LogP contribution < -0.4 is 5.32 Å². The number of aryl methyl sites for hydroxylation is 1. The van der Waals surface area contributed by atoms with E-state index in [4.69, 9.17) is 0 Å². The van der Waals surface area contributed by atoms with Crippen molar-refractivity contribution in [3.63, 3.8) is 0 Å². The molecule has 0 amide bonds. The molecule has 1 aromatic heterocycles. The van der Waals surface area contributed by atoms with Gasteiger partial charge in [-0.15, -0.1) is 0 Å². The fourth-order valence-corrected chi connectivity index (χ4v) is 1.60. The predicted octanol–water partition coefficient (Wildman–Crippen LogP) is 2.96. The lowest BCUT2D eigenvalue weighted by Crippen LogP contribution is -2.13. The van der Waals surface area contributed by atoms with E-state index in [2.05, 4.69) is 10.3 Å². The molecule has 0 aliphatic rings. The Bertz CT molecular complexity index is 524. The van der Waals surface area contributed by atoms with Crippen molar-refractivity contribution < 1.29 is 8.78 Å². The van der Waals surface area contributed by atoms with Gasteiger partial charge in [-0.3, -0.25) is 4.98 Å². The molecule has 2 aromatic rings. The minimum absolute atomic E-state index is 0.491. The fraction of sp³-hybridized carbons (Fsp3) is 0.214. The summed E-state index contributed by atoms with van der Waals surface area (Å²) in [5.41, 5.74) is 2.75. The normalized spacial score (nSPS) is 10.6. The number of nitrogens with one attached hydrogen (secondary N) is 1. The molecular weight excluding hydrogens is 234 g/mol. The molecule has 0 saturated carbocycles. The first-order valence-electron chi connectivity index (χ1n) is 5.71. The Morgan fingerprint density at radius 3 is 2.39 bits per heavy atom. The topological polar surface area (TPSA) is 24.9 Å². The lowest BCUT2D eigenvalue weighted by Gasteiger charge is -2.05. The number of pyridine rings is 1. The Balaban J connectivity index is 1.88. The molecule has 0 spiro atoms. The van der Waals surface area contributed by atoms with Gasteiger partial charge < -0.3 is 5.32 Å². The second kappa shape index (κ2) is 5.69. The third-order valence-electron chi connectivity index (χ3n) is 2.61. The van der Waals surface area contributed by atoms with E-state index < -0.39 is 11.6 Å². The van der Waals surface area contributed by atoms with Gasteiger partial charge in [-0.2, -0.15) is 0 Å². The maximum Gasteiger partial charge on any atom is 0.159 e. The van der Waals surface area contributed by atoms with Crippen LogP contribution in [0.3, 0.4) is 0 Å². The Morgan fingerprint density at radius 2 is 1.72 bits per heavy atom. The number of hydrogen-bond acceptors (Lipinski definition) is 2. The zero-order valence-electron chi connectivity index (χ0n) is 10.1. The summed E-state index contributed by atoms with van der Waals surface area (Å²) < 4.78 is 25.7. The molecule has 0 atom stereocenters. The van der Waals surface area contributed by atoms with Crippen LogP contribution in [0.4, 0.5) is 8.78 Å². The van der Waals surface area contributed by atoms with Crippen LogP contribution in [0.25, 0.3) is 0 Å². The molecule has 0 fully saturated rings. The fourth-order valence-electron chi connectivity index (χ4n) is 1.60. The zero-order chi connectivity index (χ0) is 13.0. The summed E-state index contributed by atoms with van der Waals surface area (Å²) in [6.45, 7) is 3.07. The monoisotopic (exact) mass is 248 g/mol. The molecule has 2 nitrogen and oxygen atoms in total. The molecule has 0 aliphatic carbocycles. The Morgan fingerprint density at radius 1 is 1.00 bits per heavy atom. The van der Waals surface area contributed by atoms with Gasteiger partial charge in [0.25, 0.3) is 0 Å². The first-order chi connectivity index (χ1) is 8.65. The molecule has 4 heteroatoms. The van der Waals surface area contributed by atoms with E-state index in [-0.39, 0.29) is 0 Å². The highest BCUT2D eigenvalue weighted by Gasteiger charge is 2.02. The van der Waals surface area contributed by atoms with Gasteiger partial charge in [-0.25, -0.2) is 8.78 Å². The summed E-state index contributed by atoms with van der Waals surface area (Å²) in [5, 5.41) is 3.15. The van der Waals surface area contributed by atoms with Crippen LogP contribution >= 0.6 is 0 Å². The molecule has 0 bridgehead atoms. The Labute approximate surface area is 105 Å². The number of aromatic nitrogens is 1. The van der Waals surface area contributed by atoms with Crippen LogP contribution in [0.5, 0.6) is 0 Å². The number of halogens is 2. The first kappa shape index (κ1) is 12.6. The largest absolute Gasteiger partial charge is 0.309 e. The van der Waals surface area contributed by atoms with E-state index in [1.807, 2.05) is 19.1 Å². The van der Waals surface area contributed by atoms with E-state index in [0.29, 0.717) is 18.7 Å². The molecular formula is C14H14F2N2. The lowest BCUT2D eigenvalue weighted by atomic mass is 10.2. The Kier molecular flexibility index (Phi) is 3.99. The van der Waals surface area contributed by atoms with Gasteiger partial charge in [0.15, 0.2) is 11.6 Å². The summed E-state index contributed by atoms with van der Waals surface area (Å²) >= 11 is 0. The van der Waals surface area contributed by atoms with E-state index in [1.54, 1.807) is 12.3 Å². The predicted molar refractivity (Wildman–Crippen MR) is 65.9 cm³/mol. The minimum Gasteiger partial charge on any atom is -0.309 e. The number of nitrogens with zero attached hydrogens (tertiary/aromatic N) is 1. The average molecular weight is 248 g/mol. The first-order valence-corrected chi connectivity index (χ1v) is 5.71. The van der Waals surface area contributed by atoms with E-state index in [0.717, 1.165) is 17.3 Å². The van der Waals surface area contributed by atoms with Gasteiger partial charge in [0.1, 0.15) is 0 Å². The molecule has 1 heterocycles. The van der Waals surface area contributed by atoms with E-state index in [1.165, 1.54) is 6.07 Å². The molecule has 1 N–H and O–H groups in total. The second-order valence-corrected chi connectivity index (χ2v) is 4.16. The number of benzene rings is 1.